The second-order valence-electron chi connectivity index (χ2n) is 5.40. The lowest BCUT2D eigenvalue weighted by Crippen LogP contribution is -2.42. The Balaban J connectivity index is 0.00000220. The monoisotopic (exact) mass is 315 g/mol. The zero-order valence-corrected chi connectivity index (χ0v) is 13.3. The maximum Gasteiger partial charge on any atom is 0.234 e. The maximum absolute atomic E-state index is 12.9. The minimum Gasteiger partial charge on any atom is -0.348 e. The highest BCUT2D eigenvalue weighted by molar-refractivity contribution is 5.85. The van der Waals surface area contributed by atoms with Crippen molar-refractivity contribution in [2.75, 3.05) is 26.7 Å². The summed E-state index contributed by atoms with van der Waals surface area (Å²) in [6.07, 6.45) is 1.08. The summed E-state index contributed by atoms with van der Waals surface area (Å²) < 4.78 is 12.9. The predicted octanol–water partition coefficient (Wildman–Crippen LogP) is 1.72. The van der Waals surface area contributed by atoms with Crippen molar-refractivity contribution < 1.29 is 9.18 Å². The molecule has 2 N–H and O–H groups in total. The van der Waals surface area contributed by atoms with Crippen molar-refractivity contribution in [3.8, 4) is 0 Å². The molecule has 2 atom stereocenters. The summed E-state index contributed by atoms with van der Waals surface area (Å²) in [5, 5.41) is 6.24. The fourth-order valence-electron chi connectivity index (χ4n) is 2.49. The third-order valence-electron chi connectivity index (χ3n) is 3.80. The molecule has 0 spiro atoms. The quantitative estimate of drug-likeness (QED) is 0.869. The second-order valence-corrected chi connectivity index (χ2v) is 5.40. The molecule has 6 heteroatoms. The van der Waals surface area contributed by atoms with Gasteiger partial charge in [-0.15, -0.1) is 12.4 Å². The van der Waals surface area contributed by atoms with Crippen LogP contribution >= 0.6 is 12.4 Å². The van der Waals surface area contributed by atoms with Gasteiger partial charge in [0.2, 0.25) is 5.91 Å². The van der Waals surface area contributed by atoms with Gasteiger partial charge in [-0.25, -0.2) is 4.39 Å². The normalized spacial score (nSPS) is 19.1. The largest absolute Gasteiger partial charge is 0.348 e. The Bertz CT molecular complexity index is 449. The van der Waals surface area contributed by atoms with Crippen LogP contribution in [0.2, 0.25) is 0 Å². The Kier molecular flexibility index (Phi) is 7.08. The molecule has 0 aromatic heterocycles. The molecular formula is C15H23ClFN3O. The van der Waals surface area contributed by atoms with Crippen LogP contribution in [0.5, 0.6) is 0 Å². The van der Waals surface area contributed by atoms with Crippen molar-refractivity contribution in [2.24, 2.45) is 0 Å². The highest BCUT2D eigenvalue weighted by Gasteiger charge is 2.21. The molecular weight excluding hydrogens is 293 g/mol. The molecule has 0 saturated carbocycles. The van der Waals surface area contributed by atoms with Crippen molar-refractivity contribution in [3.63, 3.8) is 0 Å². The van der Waals surface area contributed by atoms with E-state index in [1.807, 2.05) is 14.0 Å². The fraction of sp³-hybridized carbons (Fsp3) is 0.533. The number of carbonyl (C=O) groups is 1. The standard InChI is InChI=1S/C15H22FN3O.ClH/c1-11(12-3-5-13(16)6-4-12)18-15(20)10-19(2)14-7-8-17-9-14;/h3-6,11,14,17H,7-10H2,1-2H3,(H,18,20);1H. The third kappa shape index (κ3) is 5.26. The molecule has 1 fully saturated rings. The molecule has 1 aliphatic rings. The SMILES string of the molecule is CC(NC(=O)CN(C)C1CCNC1)c1ccc(F)cc1.Cl. The van der Waals surface area contributed by atoms with E-state index in [0.717, 1.165) is 25.1 Å². The topological polar surface area (TPSA) is 44.4 Å². The summed E-state index contributed by atoms with van der Waals surface area (Å²) in [5.41, 5.74) is 0.907. The number of nitrogens with one attached hydrogen (secondary N) is 2. The van der Waals surface area contributed by atoms with Crippen LogP contribution in [0.4, 0.5) is 4.39 Å². The molecule has 4 nitrogen and oxygen atoms in total. The average molecular weight is 316 g/mol. The number of likely N-dealkylation sites (N-methyl/N-ethyl adjacent to an activating group) is 1. The maximum atomic E-state index is 12.9. The summed E-state index contributed by atoms with van der Waals surface area (Å²) in [6, 6.07) is 6.54. The summed E-state index contributed by atoms with van der Waals surface area (Å²) in [5.74, 6) is -0.267. The number of hydrogen-bond acceptors (Lipinski definition) is 3. The van der Waals surface area contributed by atoms with Crippen LogP contribution in [-0.4, -0.2) is 43.5 Å². The predicted molar refractivity (Wildman–Crippen MR) is 84.1 cm³/mol. The highest BCUT2D eigenvalue weighted by atomic mass is 35.5. The van der Waals surface area contributed by atoms with Gasteiger partial charge in [0, 0.05) is 12.6 Å². The second kappa shape index (κ2) is 8.32. The Morgan fingerprint density at radius 1 is 1.48 bits per heavy atom. The molecule has 118 valence electrons. The van der Waals surface area contributed by atoms with Crippen LogP contribution in [-0.2, 0) is 4.79 Å². The van der Waals surface area contributed by atoms with E-state index in [9.17, 15) is 9.18 Å². The first-order chi connectivity index (χ1) is 9.56. The van der Waals surface area contributed by atoms with E-state index < -0.39 is 0 Å². The smallest absolute Gasteiger partial charge is 0.234 e. The van der Waals surface area contributed by atoms with Crippen LogP contribution in [0, 0.1) is 5.82 Å². The van der Waals surface area contributed by atoms with E-state index in [1.165, 1.54) is 12.1 Å². The first-order valence-corrected chi connectivity index (χ1v) is 7.02. The zero-order chi connectivity index (χ0) is 14.5. The molecule has 21 heavy (non-hydrogen) atoms. The van der Waals surface area contributed by atoms with E-state index >= 15 is 0 Å². The Morgan fingerprint density at radius 3 is 2.71 bits per heavy atom. The van der Waals surface area contributed by atoms with Crippen LogP contribution in [0.3, 0.4) is 0 Å². The molecule has 1 aromatic carbocycles. The van der Waals surface area contributed by atoms with Gasteiger partial charge in [-0.3, -0.25) is 9.69 Å². The minimum atomic E-state index is -0.263. The first kappa shape index (κ1) is 17.9. The number of halogens is 2. The summed E-state index contributed by atoms with van der Waals surface area (Å²) in [6.45, 7) is 4.25. The van der Waals surface area contributed by atoms with E-state index in [1.54, 1.807) is 12.1 Å². The van der Waals surface area contributed by atoms with Gasteiger partial charge >= 0.3 is 0 Å². The van der Waals surface area contributed by atoms with Crippen molar-refractivity contribution in [1.82, 2.24) is 15.5 Å². The summed E-state index contributed by atoms with van der Waals surface area (Å²) >= 11 is 0. The van der Waals surface area contributed by atoms with Gasteiger partial charge in [-0.1, -0.05) is 12.1 Å². The number of benzene rings is 1. The van der Waals surface area contributed by atoms with Crippen LogP contribution in [0.1, 0.15) is 24.9 Å². The van der Waals surface area contributed by atoms with E-state index in [2.05, 4.69) is 15.5 Å². The highest BCUT2D eigenvalue weighted by Crippen LogP contribution is 2.13. The van der Waals surface area contributed by atoms with Crippen molar-refractivity contribution in [3.05, 3.63) is 35.6 Å². The molecule has 1 amide bonds. The van der Waals surface area contributed by atoms with Gasteiger partial charge < -0.3 is 10.6 Å². The van der Waals surface area contributed by atoms with Crippen LogP contribution in [0.15, 0.2) is 24.3 Å². The lowest BCUT2D eigenvalue weighted by Gasteiger charge is -2.24. The number of hydrogen-bond donors (Lipinski definition) is 2. The van der Waals surface area contributed by atoms with Gasteiger partial charge in [-0.05, 0) is 44.6 Å². The Labute approximate surface area is 131 Å². The number of nitrogens with zero attached hydrogens (tertiary/aromatic N) is 1. The molecule has 0 radical (unpaired) electrons. The molecule has 0 aliphatic carbocycles. The lowest BCUT2D eigenvalue weighted by molar-refractivity contribution is -0.123. The summed E-state index contributed by atoms with van der Waals surface area (Å²) in [4.78, 5) is 14.1. The van der Waals surface area contributed by atoms with Gasteiger partial charge in [0.15, 0.2) is 0 Å². The molecule has 0 bridgehead atoms. The molecule has 1 saturated heterocycles. The van der Waals surface area contributed by atoms with Crippen LogP contribution in [0.25, 0.3) is 0 Å². The minimum absolute atomic E-state index is 0. The van der Waals surface area contributed by atoms with E-state index in [0.29, 0.717) is 12.6 Å². The van der Waals surface area contributed by atoms with E-state index in [-0.39, 0.29) is 30.2 Å². The summed E-state index contributed by atoms with van der Waals surface area (Å²) in [7, 11) is 1.97. The first-order valence-electron chi connectivity index (χ1n) is 7.02. The lowest BCUT2D eigenvalue weighted by atomic mass is 10.1. The Morgan fingerprint density at radius 2 is 2.14 bits per heavy atom. The van der Waals surface area contributed by atoms with E-state index in [4.69, 9.17) is 0 Å². The molecule has 1 aliphatic heterocycles. The van der Waals surface area contributed by atoms with Gasteiger partial charge in [0.05, 0.1) is 12.6 Å². The van der Waals surface area contributed by atoms with Gasteiger partial charge in [0.25, 0.3) is 0 Å². The van der Waals surface area contributed by atoms with Crippen molar-refractivity contribution in [2.45, 2.75) is 25.4 Å². The van der Waals surface area contributed by atoms with Crippen molar-refractivity contribution in [1.29, 1.82) is 0 Å². The average Bonchev–Trinajstić information content (AvgIpc) is 2.93. The molecule has 1 aromatic rings. The third-order valence-corrected chi connectivity index (χ3v) is 3.80. The van der Waals surface area contributed by atoms with Crippen LogP contribution < -0.4 is 10.6 Å². The molecule has 1 heterocycles. The zero-order valence-electron chi connectivity index (χ0n) is 12.4. The van der Waals surface area contributed by atoms with Crippen molar-refractivity contribution >= 4 is 18.3 Å². The van der Waals surface area contributed by atoms with Gasteiger partial charge in [0.1, 0.15) is 5.82 Å². The number of rotatable bonds is 5. The molecule has 2 unspecified atom stereocenters. The fourth-order valence-corrected chi connectivity index (χ4v) is 2.49. The van der Waals surface area contributed by atoms with Gasteiger partial charge in [-0.2, -0.15) is 0 Å². The number of amides is 1. The number of carbonyl (C=O) groups excluding carboxylic acids is 1. The Hall–Kier alpha value is -1.17. The molecule has 2 rings (SSSR count).